The average Bonchev–Trinajstić information content (AvgIpc) is 2.47. The molecule has 1 aromatic rings. The lowest BCUT2D eigenvalue weighted by atomic mass is 10.1. The maximum atomic E-state index is 10.6. The number of nitrogens with one attached hydrogen (secondary N) is 2. The third-order valence-electron chi connectivity index (χ3n) is 3.60. The molecule has 1 saturated heterocycles. The summed E-state index contributed by atoms with van der Waals surface area (Å²) < 4.78 is 0. The van der Waals surface area contributed by atoms with E-state index in [0.29, 0.717) is 0 Å². The largest absolute Gasteiger partial charge is 0.545 e. The third kappa shape index (κ3) is 4.06. The predicted molar refractivity (Wildman–Crippen MR) is 76.9 cm³/mol. The summed E-state index contributed by atoms with van der Waals surface area (Å²) in [6, 6.07) is 6.44. The van der Waals surface area contributed by atoms with Crippen LogP contribution in [0.4, 0.5) is 5.69 Å². The molecular weight excluding hydrogens is 254 g/mol. The van der Waals surface area contributed by atoms with Crippen molar-refractivity contribution < 1.29 is 14.8 Å². The SMILES string of the molecule is CCC[NH+]1CCC(=NNc2ccc(C(=O)[O-])cc2)CC1. The van der Waals surface area contributed by atoms with Gasteiger partial charge in [0.2, 0.25) is 0 Å². The highest BCUT2D eigenvalue weighted by atomic mass is 16.4. The van der Waals surface area contributed by atoms with Gasteiger partial charge in [0.25, 0.3) is 0 Å². The second-order valence-electron chi connectivity index (χ2n) is 5.15. The summed E-state index contributed by atoms with van der Waals surface area (Å²) in [4.78, 5) is 12.3. The van der Waals surface area contributed by atoms with Gasteiger partial charge in [0, 0.05) is 18.6 Å². The van der Waals surface area contributed by atoms with Gasteiger partial charge in [0.1, 0.15) is 0 Å². The Kier molecular flexibility index (Phi) is 5.12. The van der Waals surface area contributed by atoms with Crippen LogP contribution in [0.5, 0.6) is 0 Å². The minimum atomic E-state index is -1.16. The van der Waals surface area contributed by atoms with Crippen LogP contribution < -0.4 is 15.4 Å². The number of carboxylic acid groups (broad SMARTS) is 1. The van der Waals surface area contributed by atoms with Crippen LogP contribution in [0, 0.1) is 0 Å². The van der Waals surface area contributed by atoms with Crippen molar-refractivity contribution in [2.45, 2.75) is 26.2 Å². The van der Waals surface area contributed by atoms with Gasteiger partial charge in [-0.3, -0.25) is 5.43 Å². The van der Waals surface area contributed by atoms with E-state index in [1.54, 1.807) is 17.0 Å². The predicted octanol–water partition coefficient (Wildman–Crippen LogP) is -0.0933. The van der Waals surface area contributed by atoms with Crippen molar-refractivity contribution in [2.75, 3.05) is 25.1 Å². The van der Waals surface area contributed by atoms with Crippen LogP contribution in [0.3, 0.4) is 0 Å². The van der Waals surface area contributed by atoms with E-state index in [-0.39, 0.29) is 5.56 Å². The van der Waals surface area contributed by atoms with Crippen molar-refractivity contribution >= 4 is 17.4 Å². The lowest BCUT2D eigenvalue weighted by molar-refractivity contribution is -0.901. The van der Waals surface area contributed by atoms with Gasteiger partial charge in [-0.05, 0) is 24.1 Å². The Morgan fingerprint density at radius 3 is 2.50 bits per heavy atom. The zero-order chi connectivity index (χ0) is 14.4. The van der Waals surface area contributed by atoms with Crippen molar-refractivity contribution in [3.63, 3.8) is 0 Å². The Hall–Kier alpha value is -1.88. The molecule has 1 fully saturated rings. The molecule has 0 unspecified atom stereocenters. The number of nitrogens with zero attached hydrogens (tertiary/aromatic N) is 1. The van der Waals surface area contributed by atoms with E-state index < -0.39 is 5.97 Å². The quantitative estimate of drug-likeness (QED) is 0.738. The lowest BCUT2D eigenvalue weighted by Gasteiger charge is -2.24. The van der Waals surface area contributed by atoms with Crippen molar-refractivity contribution in [3.05, 3.63) is 29.8 Å². The average molecular weight is 275 g/mol. The first-order chi connectivity index (χ1) is 9.69. The zero-order valence-corrected chi connectivity index (χ0v) is 11.8. The number of hydrogen-bond acceptors (Lipinski definition) is 4. The number of hydrazone groups is 1. The van der Waals surface area contributed by atoms with E-state index >= 15 is 0 Å². The first-order valence-corrected chi connectivity index (χ1v) is 7.15. The first kappa shape index (κ1) is 14.5. The number of piperidine rings is 1. The monoisotopic (exact) mass is 275 g/mol. The van der Waals surface area contributed by atoms with E-state index in [4.69, 9.17) is 0 Å². The summed E-state index contributed by atoms with van der Waals surface area (Å²) in [6.45, 7) is 5.76. The van der Waals surface area contributed by atoms with Crippen LogP contribution in [0.25, 0.3) is 0 Å². The number of carboxylic acids is 1. The molecule has 2 rings (SSSR count). The van der Waals surface area contributed by atoms with Gasteiger partial charge in [-0.25, -0.2) is 0 Å². The van der Waals surface area contributed by atoms with Crippen LogP contribution in [0.15, 0.2) is 29.4 Å². The number of carbonyl (C=O) groups excluding carboxylic acids is 1. The fourth-order valence-electron chi connectivity index (χ4n) is 2.43. The second-order valence-corrected chi connectivity index (χ2v) is 5.15. The third-order valence-corrected chi connectivity index (χ3v) is 3.60. The van der Waals surface area contributed by atoms with Crippen LogP contribution in [-0.2, 0) is 0 Å². The summed E-state index contributed by atoms with van der Waals surface area (Å²) in [6.07, 6.45) is 3.28. The minimum absolute atomic E-state index is 0.180. The molecule has 0 saturated carbocycles. The van der Waals surface area contributed by atoms with Crippen molar-refractivity contribution in [3.8, 4) is 0 Å². The van der Waals surface area contributed by atoms with Gasteiger partial charge in [0.15, 0.2) is 0 Å². The number of carbonyl (C=O) groups is 1. The van der Waals surface area contributed by atoms with Gasteiger partial charge in [0.05, 0.1) is 31.3 Å². The molecule has 1 aliphatic rings. The minimum Gasteiger partial charge on any atom is -0.545 e. The highest BCUT2D eigenvalue weighted by Crippen LogP contribution is 2.09. The van der Waals surface area contributed by atoms with Crippen molar-refractivity contribution in [2.24, 2.45) is 5.10 Å². The summed E-state index contributed by atoms with van der Waals surface area (Å²) >= 11 is 0. The number of benzene rings is 1. The fraction of sp³-hybridized carbons (Fsp3) is 0.467. The zero-order valence-electron chi connectivity index (χ0n) is 11.8. The molecule has 5 heteroatoms. The molecular formula is C15H21N3O2. The molecule has 0 radical (unpaired) electrons. The van der Waals surface area contributed by atoms with E-state index in [9.17, 15) is 9.90 Å². The molecule has 0 aromatic heterocycles. The standard InChI is InChI=1S/C15H21N3O2/c1-2-9-18-10-7-14(8-11-18)17-16-13-5-3-12(4-6-13)15(19)20/h3-6,16H,2,7-11H2,1H3,(H,19,20). The van der Waals surface area contributed by atoms with Crippen LogP contribution in [0.2, 0.25) is 0 Å². The number of rotatable bonds is 5. The smallest absolute Gasteiger partial charge is 0.0824 e. The topological polar surface area (TPSA) is 69.0 Å². The molecule has 1 aliphatic heterocycles. The van der Waals surface area contributed by atoms with E-state index in [2.05, 4.69) is 17.5 Å². The molecule has 0 amide bonds. The van der Waals surface area contributed by atoms with Crippen molar-refractivity contribution in [1.82, 2.24) is 0 Å². The van der Waals surface area contributed by atoms with Gasteiger partial charge in [-0.15, -0.1) is 0 Å². The van der Waals surface area contributed by atoms with Gasteiger partial charge < -0.3 is 14.8 Å². The Bertz CT molecular complexity index is 472. The molecule has 0 atom stereocenters. The Morgan fingerprint density at radius 2 is 1.95 bits per heavy atom. The Balaban J connectivity index is 1.85. The molecule has 1 aromatic carbocycles. The van der Waals surface area contributed by atoms with Crippen LogP contribution >= 0.6 is 0 Å². The van der Waals surface area contributed by atoms with Gasteiger partial charge in [-0.1, -0.05) is 19.1 Å². The lowest BCUT2D eigenvalue weighted by Crippen LogP contribution is -3.13. The molecule has 1 heterocycles. The molecule has 20 heavy (non-hydrogen) atoms. The summed E-state index contributed by atoms with van der Waals surface area (Å²) in [5.74, 6) is -1.16. The summed E-state index contributed by atoms with van der Waals surface area (Å²) in [5, 5.41) is 15.1. The molecule has 0 spiro atoms. The number of likely N-dealkylation sites (tertiary alicyclic amines) is 1. The highest BCUT2D eigenvalue weighted by molar-refractivity contribution is 5.87. The Labute approximate surface area is 119 Å². The Morgan fingerprint density at radius 1 is 1.30 bits per heavy atom. The van der Waals surface area contributed by atoms with Crippen molar-refractivity contribution in [1.29, 1.82) is 0 Å². The molecule has 0 bridgehead atoms. The maximum absolute atomic E-state index is 10.6. The van der Waals surface area contributed by atoms with E-state index in [0.717, 1.165) is 31.6 Å². The van der Waals surface area contributed by atoms with Crippen LogP contribution in [-0.4, -0.2) is 31.3 Å². The summed E-state index contributed by atoms with van der Waals surface area (Å²) in [7, 11) is 0. The normalized spacial score (nSPS) is 18.6. The summed E-state index contributed by atoms with van der Waals surface area (Å²) in [5.41, 5.74) is 5.16. The maximum Gasteiger partial charge on any atom is 0.0824 e. The first-order valence-electron chi connectivity index (χ1n) is 7.15. The van der Waals surface area contributed by atoms with Gasteiger partial charge in [-0.2, -0.15) is 5.10 Å². The highest BCUT2D eigenvalue weighted by Gasteiger charge is 2.17. The molecule has 108 valence electrons. The second kappa shape index (κ2) is 7.05. The fourth-order valence-corrected chi connectivity index (χ4v) is 2.43. The van der Waals surface area contributed by atoms with Gasteiger partial charge >= 0.3 is 0 Å². The molecule has 2 N–H and O–H groups in total. The molecule has 0 aliphatic carbocycles. The van der Waals surface area contributed by atoms with E-state index in [1.807, 2.05) is 0 Å². The van der Waals surface area contributed by atoms with Crippen LogP contribution in [0.1, 0.15) is 36.5 Å². The number of anilines is 1. The number of hydrogen-bond donors (Lipinski definition) is 2. The van der Waals surface area contributed by atoms with E-state index in [1.165, 1.54) is 30.8 Å². The number of quaternary nitrogens is 1. The number of aromatic carboxylic acids is 1. The molecule has 5 nitrogen and oxygen atoms in total.